The molecule has 0 spiro atoms. The lowest BCUT2D eigenvalue weighted by Crippen LogP contribution is -2.67. The summed E-state index contributed by atoms with van der Waals surface area (Å²) < 4.78 is 33.4. The first kappa shape index (κ1) is 39.5. The number of phenolic OH excluding ortho intramolecular Hbond substituents is 1. The van der Waals surface area contributed by atoms with Crippen LogP contribution in [0.4, 0.5) is 0 Å². The molecule has 3 saturated heterocycles. The van der Waals surface area contributed by atoms with Crippen LogP contribution in [-0.2, 0) is 41.6 Å². The standard InChI is InChI=1S/C37H47ClN2O13/c1-19(7-10-49-26-6-4-22(14-24(26)38)16-40-8-11-48-12-9-40)33-31(45)32(46)37(53-33)50-17-23-5-3-21(15-25(23)41)13-20(2)36(47)39-27-28(42)30(44)35-34(29(27)43)51-18-52-35/h3-7,13-15,27-35,37,41-46H,8-12,16-18H2,1-2H3,(H,39,47)/b19-7+,20-13+/t27?,28-,29+,30+,31-,32-,33+,34-,35+,37+/m0/s1. The van der Waals surface area contributed by atoms with Gasteiger partial charge in [-0.05, 0) is 60.9 Å². The highest BCUT2D eigenvalue weighted by atomic mass is 35.5. The summed E-state index contributed by atoms with van der Waals surface area (Å²) in [5, 5.41) is 66.6. The first-order valence-electron chi connectivity index (χ1n) is 17.5. The van der Waals surface area contributed by atoms with Crippen molar-refractivity contribution in [2.45, 2.75) is 88.2 Å². The van der Waals surface area contributed by atoms with Gasteiger partial charge in [0.1, 0.15) is 73.7 Å². The van der Waals surface area contributed by atoms with Crippen LogP contribution >= 0.6 is 11.6 Å². The molecule has 16 heteroatoms. The van der Waals surface area contributed by atoms with Gasteiger partial charge in [0, 0.05) is 30.8 Å². The number of aromatic hydroxyl groups is 1. The van der Waals surface area contributed by atoms with Crippen molar-refractivity contribution < 1.29 is 63.9 Å². The Kier molecular flexibility index (Phi) is 13.1. The molecule has 3 heterocycles. The molecule has 15 nitrogen and oxygen atoms in total. The number of aliphatic hydroxyl groups is 5. The maximum Gasteiger partial charge on any atom is 0.247 e. The van der Waals surface area contributed by atoms with Crippen molar-refractivity contribution in [1.82, 2.24) is 10.2 Å². The minimum absolute atomic E-state index is 0.145. The zero-order valence-electron chi connectivity index (χ0n) is 29.4. The number of amides is 1. The molecule has 0 radical (unpaired) electrons. The van der Waals surface area contributed by atoms with Crippen LogP contribution in [0.3, 0.4) is 0 Å². The van der Waals surface area contributed by atoms with Gasteiger partial charge in [0.05, 0.1) is 30.9 Å². The second-order valence-corrected chi connectivity index (χ2v) is 14.1. The molecule has 53 heavy (non-hydrogen) atoms. The molecule has 1 aliphatic carbocycles. The monoisotopic (exact) mass is 762 g/mol. The van der Waals surface area contributed by atoms with Crippen molar-refractivity contribution in [2.24, 2.45) is 0 Å². The zero-order chi connectivity index (χ0) is 37.8. The summed E-state index contributed by atoms with van der Waals surface area (Å²) >= 11 is 6.48. The zero-order valence-corrected chi connectivity index (χ0v) is 30.2. The van der Waals surface area contributed by atoms with E-state index in [-0.39, 0.29) is 31.3 Å². The smallest absolute Gasteiger partial charge is 0.247 e. The molecule has 3 aliphatic heterocycles. The van der Waals surface area contributed by atoms with Gasteiger partial charge in [0.25, 0.3) is 0 Å². The maximum atomic E-state index is 12.9. The molecule has 6 rings (SSSR count). The highest BCUT2D eigenvalue weighted by Crippen LogP contribution is 2.32. The molecule has 4 aliphatic rings. The molecule has 1 saturated carbocycles. The molecule has 2 aromatic rings. The number of hydrogen-bond donors (Lipinski definition) is 7. The molecule has 4 fully saturated rings. The fourth-order valence-electron chi connectivity index (χ4n) is 6.82. The maximum absolute atomic E-state index is 12.9. The van der Waals surface area contributed by atoms with E-state index in [4.69, 9.17) is 40.0 Å². The lowest BCUT2D eigenvalue weighted by Gasteiger charge is -2.41. The van der Waals surface area contributed by atoms with Crippen LogP contribution in [0.5, 0.6) is 11.5 Å². The molecule has 1 amide bonds. The largest absolute Gasteiger partial charge is 0.508 e. The van der Waals surface area contributed by atoms with E-state index in [2.05, 4.69) is 10.2 Å². The van der Waals surface area contributed by atoms with E-state index in [0.717, 1.165) is 38.4 Å². The number of nitrogens with one attached hydrogen (secondary N) is 1. The third-order valence-corrected chi connectivity index (χ3v) is 10.3. The number of nitrogens with zero attached hydrogens (tertiary/aromatic N) is 1. The summed E-state index contributed by atoms with van der Waals surface area (Å²) in [6, 6.07) is 9.10. The Morgan fingerprint density at radius 1 is 0.962 bits per heavy atom. The fourth-order valence-corrected chi connectivity index (χ4v) is 7.08. The second kappa shape index (κ2) is 17.5. The number of halogens is 1. The topological polar surface area (TPSA) is 209 Å². The average molecular weight is 763 g/mol. The Balaban J connectivity index is 0.983. The van der Waals surface area contributed by atoms with Gasteiger partial charge in [-0.15, -0.1) is 0 Å². The summed E-state index contributed by atoms with van der Waals surface area (Å²) in [5.41, 5.74) is 2.73. The molecular weight excluding hydrogens is 716 g/mol. The van der Waals surface area contributed by atoms with Crippen LogP contribution < -0.4 is 10.1 Å². The van der Waals surface area contributed by atoms with Crippen molar-refractivity contribution >= 4 is 23.6 Å². The number of hydrogen-bond acceptors (Lipinski definition) is 14. The lowest BCUT2D eigenvalue weighted by molar-refractivity contribution is -0.168. The van der Waals surface area contributed by atoms with Gasteiger partial charge >= 0.3 is 0 Å². The number of aliphatic hydroxyl groups excluding tert-OH is 5. The van der Waals surface area contributed by atoms with E-state index < -0.39 is 67.1 Å². The summed E-state index contributed by atoms with van der Waals surface area (Å²) in [6.45, 7) is 7.07. The van der Waals surface area contributed by atoms with Gasteiger partial charge in [-0.25, -0.2) is 0 Å². The Hall–Kier alpha value is -3.16. The van der Waals surface area contributed by atoms with E-state index in [0.29, 0.717) is 27.5 Å². The predicted molar refractivity (Wildman–Crippen MR) is 189 cm³/mol. The predicted octanol–water partition coefficient (Wildman–Crippen LogP) is 0.592. The van der Waals surface area contributed by atoms with Crippen molar-refractivity contribution in [2.75, 3.05) is 39.7 Å². The van der Waals surface area contributed by atoms with Gasteiger partial charge in [-0.2, -0.15) is 0 Å². The van der Waals surface area contributed by atoms with Crippen LogP contribution in [0, 0.1) is 0 Å². The van der Waals surface area contributed by atoms with E-state index in [1.165, 1.54) is 19.1 Å². The number of phenols is 1. The van der Waals surface area contributed by atoms with E-state index >= 15 is 0 Å². The number of rotatable bonds is 12. The Labute approximate surface area is 311 Å². The Bertz CT molecular complexity index is 1650. The van der Waals surface area contributed by atoms with Gasteiger partial charge in [0.2, 0.25) is 5.91 Å². The molecule has 0 bridgehead atoms. The minimum atomic E-state index is -1.49. The van der Waals surface area contributed by atoms with Crippen molar-refractivity contribution in [3.05, 3.63) is 75.3 Å². The third kappa shape index (κ3) is 9.21. The van der Waals surface area contributed by atoms with Gasteiger partial charge in [-0.1, -0.05) is 29.8 Å². The number of carbonyl (C=O) groups is 1. The molecule has 2 aromatic carbocycles. The summed E-state index contributed by atoms with van der Waals surface area (Å²) in [4.78, 5) is 15.2. The van der Waals surface area contributed by atoms with Gasteiger partial charge < -0.3 is 64.4 Å². The number of morpholine rings is 1. The van der Waals surface area contributed by atoms with E-state index in [1.807, 2.05) is 18.2 Å². The van der Waals surface area contributed by atoms with Crippen molar-refractivity contribution in [3.8, 4) is 11.5 Å². The molecule has 10 atom stereocenters. The normalized spacial score (nSPS) is 32.5. The highest BCUT2D eigenvalue weighted by molar-refractivity contribution is 6.32. The minimum Gasteiger partial charge on any atom is -0.508 e. The lowest BCUT2D eigenvalue weighted by atomic mass is 9.83. The van der Waals surface area contributed by atoms with E-state index in [1.54, 1.807) is 25.1 Å². The molecular formula is C37H47ClN2O13. The number of benzene rings is 2. The Morgan fingerprint density at radius 3 is 2.42 bits per heavy atom. The first-order chi connectivity index (χ1) is 25.4. The van der Waals surface area contributed by atoms with Crippen LogP contribution in [0.25, 0.3) is 6.08 Å². The van der Waals surface area contributed by atoms with E-state index in [9.17, 15) is 35.4 Å². The summed E-state index contributed by atoms with van der Waals surface area (Å²) in [5.74, 6) is -0.245. The molecule has 7 N–H and O–H groups in total. The van der Waals surface area contributed by atoms with Crippen LogP contribution in [0.15, 0.2) is 53.6 Å². The highest BCUT2D eigenvalue weighted by Gasteiger charge is 2.53. The fraction of sp³-hybridized carbons (Fsp3) is 0.541. The molecule has 0 aromatic heterocycles. The quantitative estimate of drug-likeness (QED) is 0.117. The number of ether oxygens (including phenoxy) is 6. The van der Waals surface area contributed by atoms with Crippen LogP contribution in [0.1, 0.15) is 30.5 Å². The molecule has 290 valence electrons. The average Bonchev–Trinajstić information content (AvgIpc) is 3.75. The SMILES string of the molecule is C/C(=C\c1ccc(CO[C@@H]2O[C@H](/C(C)=C/COc3ccc(CN4CCOCC4)cc3Cl)[C@@H](O)[C@@H]2O)c(O)c1)C(=O)NC1[C@@H](O)[C@@H]2OCO[C@@H]2[C@H](O)[C@H]1O. The van der Waals surface area contributed by atoms with Crippen LogP contribution in [0.2, 0.25) is 5.02 Å². The van der Waals surface area contributed by atoms with Gasteiger partial charge in [0.15, 0.2) is 6.29 Å². The first-order valence-corrected chi connectivity index (χ1v) is 17.9. The van der Waals surface area contributed by atoms with Crippen molar-refractivity contribution in [1.29, 1.82) is 0 Å². The van der Waals surface area contributed by atoms with Crippen molar-refractivity contribution in [3.63, 3.8) is 0 Å². The summed E-state index contributed by atoms with van der Waals surface area (Å²) in [6.07, 6.45) is -7.41. The second-order valence-electron chi connectivity index (χ2n) is 13.7. The Morgan fingerprint density at radius 2 is 1.70 bits per heavy atom. The number of carbonyl (C=O) groups excluding carboxylic acids is 1. The number of fused-ring (bicyclic) bond motifs is 1. The summed E-state index contributed by atoms with van der Waals surface area (Å²) in [7, 11) is 0. The third-order valence-electron chi connectivity index (χ3n) is 9.97. The van der Waals surface area contributed by atoms with Crippen LogP contribution in [-0.4, -0.2) is 142 Å². The molecule has 1 unspecified atom stereocenters. The van der Waals surface area contributed by atoms with Gasteiger partial charge in [-0.3, -0.25) is 9.69 Å².